The number of nitro benzene ring substituents is 1. The van der Waals surface area contributed by atoms with Crippen LogP contribution in [0.4, 0.5) is 18.9 Å². The summed E-state index contributed by atoms with van der Waals surface area (Å²) in [6.45, 7) is 0. The highest BCUT2D eigenvalue weighted by molar-refractivity contribution is 5.45. The average Bonchev–Trinajstić information content (AvgIpc) is 2.15. The predicted octanol–water partition coefficient (Wildman–Crippen LogP) is 1.86. The van der Waals surface area contributed by atoms with E-state index in [-0.39, 0.29) is 0 Å². The highest BCUT2D eigenvalue weighted by Gasteiger charge is 2.39. The Hall–Kier alpha value is -1.83. The number of halogens is 3. The van der Waals surface area contributed by atoms with Gasteiger partial charge in [-0.05, 0) is 6.07 Å². The summed E-state index contributed by atoms with van der Waals surface area (Å²) in [5, 5.41) is 19.5. The van der Waals surface area contributed by atoms with E-state index in [0.717, 1.165) is 12.1 Å². The van der Waals surface area contributed by atoms with Gasteiger partial charge < -0.3 is 10.8 Å². The quantitative estimate of drug-likeness (QED) is 0.605. The van der Waals surface area contributed by atoms with Crippen molar-refractivity contribution >= 4 is 5.69 Å². The fourth-order valence-corrected chi connectivity index (χ4v) is 1.08. The minimum atomic E-state index is -4.77. The summed E-state index contributed by atoms with van der Waals surface area (Å²) in [5.41, 5.74) is 3.55. The minimum Gasteiger partial charge on any atom is -0.508 e. The molecular weight excluding hydrogens is 229 g/mol. The van der Waals surface area contributed by atoms with E-state index in [1.54, 1.807) is 0 Å². The van der Waals surface area contributed by atoms with Crippen molar-refractivity contribution in [1.82, 2.24) is 0 Å². The van der Waals surface area contributed by atoms with E-state index < -0.39 is 34.1 Å². The molecule has 0 spiro atoms. The molecule has 0 amide bonds. The van der Waals surface area contributed by atoms with Crippen molar-refractivity contribution in [2.24, 2.45) is 5.73 Å². The van der Waals surface area contributed by atoms with Gasteiger partial charge in [0.2, 0.25) is 0 Å². The van der Waals surface area contributed by atoms with Gasteiger partial charge in [-0.25, -0.2) is 0 Å². The standard InChI is InChI=1S/C8H7F3N2O3/c9-8(10,11)7(12)5-3-4(13(15)16)1-2-6(5)14/h1-3,7,14H,12H2/t7-/m1/s1. The van der Waals surface area contributed by atoms with Crippen LogP contribution in [0.25, 0.3) is 0 Å². The van der Waals surface area contributed by atoms with E-state index in [1.165, 1.54) is 0 Å². The number of non-ortho nitro benzene ring substituents is 1. The Kier molecular flexibility index (Phi) is 3.04. The maximum Gasteiger partial charge on any atom is 0.407 e. The lowest BCUT2D eigenvalue weighted by atomic mass is 10.1. The maximum absolute atomic E-state index is 12.2. The van der Waals surface area contributed by atoms with Crippen molar-refractivity contribution in [2.75, 3.05) is 0 Å². The molecule has 0 aromatic heterocycles. The van der Waals surface area contributed by atoms with Crippen LogP contribution < -0.4 is 5.73 Å². The fourth-order valence-electron chi connectivity index (χ4n) is 1.08. The first kappa shape index (κ1) is 12.2. The molecule has 1 aromatic carbocycles. The Bertz CT molecular complexity index is 419. The van der Waals surface area contributed by atoms with Crippen molar-refractivity contribution in [1.29, 1.82) is 0 Å². The molecule has 0 radical (unpaired) electrons. The van der Waals surface area contributed by atoms with Gasteiger partial charge in [-0.2, -0.15) is 13.2 Å². The molecule has 0 bridgehead atoms. The van der Waals surface area contributed by atoms with Gasteiger partial charge in [-0.3, -0.25) is 10.1 Å². The van der Waals surface area contributed by atoms with Crippen LogP contribution in [0.2, 0.25) is 0 Å². The molecule has 0 aliphatic rings. The van der Waals surface area contributed by atoms with Crippen molar-refractivity contribution in [3.05, 3.63) is 33.9 Å². The summed E-state index contributed by atoms with van der Waals surface area (Å²) in [6.07, 6.45) is -4.77. The molecule has 88 valence electrons. The summed E-state index contributed by atoms with van der Waals surface area (Å²) in [4.78, 5) is 9.47. The number of nitrogens with two attached hydrogens (primary N) is 1. The van der Waals surface area contributed by atoms with Gasteiger partial charge in [-0.15, -0.1) is 0 Å². The Morgan fingerprint density at radius 2 is 2.00 bits per heavy atom. The Balaban J connectivity index is 3.22. The van der Waals surface area contributed by atoms with Gasteiger partial charge in [0.25, 0.3) is 5.69 Å². The van der Waals surface area contributed by atoms with Crippen LogP contribution >= 0.6 is 0 Å². The van der Waals surface area contributed by atoms with Crippen LogP contribution in [0.5, 0.6) is 5.75 Å². The summed E-state index contributed by atoms with van der Waals surface area (Å²) < 4.78 is 36.7. The first-order chi connectivity index (χ1) is 7.23. The molecule has 0 aliphatic heterocycles. The summed E-state index contributed by atoms with van der Waals surface area (Å²) in [7, 11) is 0. The molecule has 8 heteroatoms. The third-order valence-electron chi connectivity index (χ3n) is 1.91. The van der Waals surface area contributed by atoms with E-state index in [4.69, 9.17) is 10.8 Å². The normalized spacial score (nSPS) is 13.5. The second kappa shape index (κ2) is 3.97. The number of phenols is 1. The maximum atomic E-state index is 12.2. The fraction of sp³-hybridized carbons (Fsp3) is 0.250. The molecule has 0 aliphatic carbocycles. The molecule has 0 fully saturated rings. The second-order valence-electron chi connectivity index (χ2n) is 3.02. The zero-order valence-corrected chi connectivity index (χ0v) is 7.73. The first-order valence-electron chi connectivity index (χ1n) is 4.03. The van der Waals surface area contributed by atoms with Crippen molar-refractivity contribution < 1.29 is 23.2 Å². The van der Waals surface area contributed by atoms with E-state index in [0.29, 0.717) is 6.07 Å². The van der Waals surface area contributed by atoms with E-state index in [1.807, 2.05) is 0 Å². The van der Waals surface area contributed by atoms with Crippen LogP contribution in [-0.2, 0) is 0 Å². The smallest absolute Gasteiger partial charge is 0.407 e. The van der Waals surface area contributed by atoms with Gasteiger partial charge in [0.1, 0.15) is 11.8 Å². The highest BCUT2D eigenvalue weighted by Crippen LogP contribution is 2.36. The van der Waals surface area contributed by atoms with Crippen molar-refractivity contribution in [2.45, 2.75) is 12.2 Å². The highest BCUT2D eigenvalue weighted by atomic mass is 19.4. The number of hydrogen-bond donors (Lipinski definition) is 2. The van der Waals surface area contributed by atoms with Crippen molar-refractivity contribution in [3.8, 4) is 5.75 Å². The van der Waals surface area contributed by atoms with Gasteiger partial charge >= 0.3 is 6.18 Å². The lowest BCUT2D eigenvalue weighted by molar-refractivity contribution is -0.385. The zero-order chi connectivity index (χ0) is 12.5. The topological polar surface area (TPSA) is 89.4 Å². The molecule has 5 nitrogen and oxygen atoms in total. The van der Waals surface area contributed by atoms with Gasteiger partial charge in [0.15, 0.2) is 0 Å². The molecule has 0 saturated carbocycles. The third kappa shape index (κ3) is 2.40. The van der Waals surface area contributed by atoms with E-state index >= 15 is 0 Å². The van der Waals surface area contributed by atoms with Gasteiger partial charge in [0, 0.05) is 17.7 Å². The minimum absolute atomic E-state index is 0.563. The molecule has 0 unspecified atom stereocenters. The molecule has 1 atom stereocenters. The van der Waals surface area contributed by atoms with E-state index in [9.17, 15) is 23.3 Å². The molecule has 1 rings (SSSR count). The predicted molar refractivity (Wildman–Crippen MR) is 47.7 cm³/mol. The SMILES string of the molecule is N[C@H](c1cc([N+](=O)[O-])ccc1O)C(F)(F)F. The van der Waals surface area contributed by atoms with Gasteiger partial charge in [0.05, 0.1) is 4.92 Å². The summed E-state index contributed by atoms with van der Waals surface area (Å²) >= 11 is 0. The number of benzene rings is 1. The molecule has 1 aromatic rings. The van der Waals surface area contributed by atoms with E-state index in [2.05, 4.69) is 0 Å². The molecular formula is C8H7F3N2O3. The second-order valence-corrected chi connectivity index (χ2v) is 3.02. The third-order valence-corrected chi connectivity index (χ3v) is 1.91. The summed E-state index contributed by atoms with van der Waals surface area (Å²) in [5.74, 6) is -0.726. The molecule has 0 saturated heterocycles. The lowest BCUT2D eigenvalue weighted by Gasteiger charge is -2.16. The van der Waals surface area contributed by atoms with Crippen molar-refractivity contribution in [3.63, 3.8) is 0 Å². The Morgan fingerprint density at radius 1 is 1.44 bits per heavy atom. The lowest BCUT2D eigenvalue weighted by Crippen LogP contribution is -2.28. The number of nitrogens with zero attached hydrogens (tertiary/aromatic N) is 1. The van der Waals surface area contributed by atoms with Crippen LogP contribution in [-0.4, -0.2) is 16.2 Å². The van der Waals surface area contributed by atoms with Crippen LogP contribution in [0.15, 0.2) is 18.2 Å². The largest absolute Gasteiger partial charge is 0.508 e. The number of alkyl halides is 3. The number of aromatic hydroxyl groups is 1. The van der Waals surface area contributed by atoms with Crippen LogP contribution in [0, 0.1) is 10.1 Å². The Morgan fingerprint density at radius 3 is 2.44 bits per heavy atom. The van der Waals surface area contributed by atoms with Crippen LogP contribution in [0.3, 0.4) is 0 Å². The summed E-state index contributed by atoms with van der Waals surface area (Å²) in [6, 6.07) is -0.151. The number of nitro groups is 1. The number of hydrogen-bond acceptors (Lipinski definition) is 4. The van der Waals surface area contributed by atoms with Crippen LogP contribution in [0.1, 0.15) is 11.6 Å². The number of rotatable bonds is 2. The number of phenolic OH excluding ortho intramolecular Hbond substituents is 1. The zero-order valence-electron chi connectivity index (χ0n) is 7.73. The van der Waals surface area contributed by atoms with Gasteiger partial charge in [-0.1, -0.05) is 0 Å². The Labute approximate surface area is 87.4 Å². The molecule has 16 heavy (non-hydrogen) atoms. The molecule has 3 N–H and O–H groups in total. The monoisotopic (exact) mass is 236 g/mol. The first-order valence-corrected chi connectivity index (χ1v) is 4.03. The average molecular weight is 236 g/mol. The molecule has 0 heterocycles.